The minimum absolute atomic E-state index is 0.0162. The lowest BCUT2D eigenvalue weighted by Gasteiger charge is -2.10. The zero-order chi connectivity index (χ0) is 15.7. The van der Waals surface area contributed by atoms with Crippen LogP contribution >= 0.6 is 0 Å². The highest BCUT2D eigenvalue weighted by Crippen LogP contribution is 2.35. The van der Waals surface area contributed by atoms with Crippen LogP contribution in [-0.2, 0) is 0 Å². The van der Waals surface area contributed by atoms with Gasteiger partial charge in [0, 0.05) is 5.56 Å². The quantitative estimate of drug-likeness (QED) is 0.777. The van der Waals surface area contributed by atoms with E-state index in [1.807, 2.05) is 30.3 Å². The van der Waals surface area contributed by atoms with Gasteiger partial charge in [-0.15, -0.1) is 0 Å². The highest BCUT2D eigenvalue weighted by molar-refractivity contribution is 5.96. The number of carboxylic acids is 1. The van der Waals surface area contributed by atoms with Gasteiger partial charge in [-0.05, 0) is 25.1 Å². The van der Waals surface area contributed by atoms with Gasteiger partial charge in [-0.3, -0.25) is 0 Å². The molecule has 1 heterocycles. The maximum absolute atomic E-state index is 11.4. The maximum Gasteiger partial charge on any atom is 0.336 e. The number of aromatic hydroxyl groups is 1. The monoisotopic (exact) mass is 294 g/mol. The molecule has 0 spiro atoms. The molecule has 0 saturated heterocycles. The molecule has 3 aromatic rings. The third-order valence-corrected chi connectivity index (χ3v) is 3.44. The third kappa shape index (κ3) is 2.22. The lowest BCUT2D eigenvalue weighted by atomic mass is 10.0. The van der Waals surface area contributed by atoms with E-state index in [2.05, 4.69) is 5.10 Å². The number of carboxylic acid groups (broad SMARTS) is 1. The lowest BCUT2D eigenvalue weighted by Crippen LogP contribution is -2.04. The fourth-order valence-electron chi connectivity index (χ4n) is 2.39. The summed E-state index contributed by atoms with van der Waals surface area (Å²) in [6.07, 6.45) is 0. The van der Waals surface area contributed by atoms with Gasteiger partial charge in [-0.25, -0.2) is 9.48 Å². The molecule has 2 aromatic carbocycles. The van der Waals surface area contributed by atoms with Crippen molar-refractivity contribution in [2.24, 2.45) is 0 Å². The Labute approximate surface area is 127 Å². The molecular formula is C17H14N2O3. The lowest BCUT2D eigenvalue weighted by molar-refractivity contribution is 0.0697. The second-order valence-corrected chi connectivity index (χ2v) is 4.88. The molecule has 3 rings (SSSR count). The van der Waals surface area contributed by atoms with Crippen molar-refractivity contribution in [3.8, 4) is 22.7 Å². The van der Waals surface area contributed by atoms with Crippen LogP contribution in [0.1, 0.15) is 16.1 Å². The molecule has 2 N–H and O–H groups in total. The molecule has 5 nitrogen and oxygen atoms in total. The Hall–Kier alpha value is -3.08. The average molecular weight is 294 g/mol. The van der Waals surface area contributed by atoms with E-state index in [4.69, 9.17) is 0 Å². The van der Waals surface area contributed by atoms with Crippen LogP contribution in [0.25, 0.3) is 16.9 Å². The van der Waals surface area contributed by atoms with Crippen molar-refractivity contribution in [3.05, 3.63) is 65.9 Å². The van der Waals surface area contributed by atoms with Gasteiger partial charge in [0.1, 0.15) is 11.4 Å². The minimum atomic E-state index is -1.05. The third-order valence-electron chi connectivity index (χ3n) is 3.44. The summed E-state index contributed by atoms with van der Waals surface area (Å²) < 4.78 is 1.56. The molecule has 0 saturated carbocycles. The first-order valence-corrected chi connectivity index (χ1v) is 6.76. The SMILES string of the molecule is Cc1nn(-c2ccccc2)c(-c2ccccc2C(=O)O)c1O. The van der Waals surface area contributed by atoms with E-state index in [0.29, 0.717) is 17.0 Å². The molecule has 0 unspecified atom stereocenters. The van der Waals surface area contributed by atoms with Crippen LogP contribution < -0.4 is 0 Å². The first kappa shape index (κ1) is 13.9. The Bertz CT molecular complexity index is 838. The molecule has 0 aliphatic carbocycles. The summed E-state index contributed by atoms with van der Waals surface area (Å²) in [6.45, 7) is 1.68. The first-order chi connectivity index (χ1) is 10.6. The van der Waals surface area contributed by atoms with Gasteiger partial charge in [-0.2, -0.15) is 5.10 Å². The molecule has 5 heteroatoms. The average Bonchev–Trinajstić information content (AvgIpc) is 2.83. The maximum atomic E-state index is 11.4. The number of hydrogen-bond acceptors (Lipinski definition) is 3. The van der Waals surface area contributed by atoms with Gasteiger partial charge in [-0.1, -0.05) is 36.4 Å². The van der Waals surface area contributed by atoms with Gasteiger partial charge in [0.15, 0.2) is 5.75 Å². The van der Waals surface area contributed by atoms with Crippen molar-refractivity contribution in [3.63, 3.8) is 0 Å². The van der Waals surface area contributed by atoms with Gasteiger partial charge in [0.2, 0.25) is 0 Å². The summed E-state index contributed by atoms with van der Waals surface area (Å²) in [5, 5.41) is 24.1. The summed E-state index contributed by atoms with van der Waals surface area (Å²) in [4.78, 5) is 11.4. The molecular weight excluding hydrogens is 280 g/mol. The van der Waals surface area contributed by atoms with Crippen LogP contribution in [0.4, 0.5) is 0 Å². The smallest absolute Gasteiger partial charge is 0.336 e. The van der Waals surface area contributed by atoms with Crippen LogP contribution in [0.2, 0.25) is 0 Å². The number of rotatable bonds is 3. The highest BCUT2D eigenvalue weighted by Gasteiger charge is 2.21. The van der Waals surface area contributed by atoms with Gasteiger partial charge < -0.3 is 10.2 Å². The second kappa shape index (κ2) is 5.37. The van der Waals surface area contributed by atoms with E-state index >= 15 is 0 Å². The molecule has 0 fully saturated rings. The van der Waals surface area contributed by atoms with E-state index in [9.17, 15) is 15.0 Å². The summed E-state index contributed by atoms with van der Waals surface area (Å²) in [7, 11) is 0. The normalized spacial score (nSPS) is 10.6. The number of para-hydroxylation sites is 1. The molecule has 0 radical (unpaired) electrons. The van der Waals surface area contributed by atoms with Crippen molar-refractivity contribution in [2.45, 2.75) is 6.92 Å². The van der Waals surface area contributed by atoms with E-state index in [1.165, 1.54) is 6.07 Å². The van der Waals surface area contributed by atoms with E-state index < -0.39 is 5.97 Å². The van der Waals surface area contributed by atoms with E-state index in [-0.39, 0.29) is 11.3 Å². The number of benzene rings is 2. The number of carbonyl (C=O) groups is 1. The Balaban J connectivity index is 2.31. The number of aromatic carboxylic acids is 1. The number of aromatic nitrogens is 2. The largest absolute Gasteiger partial charge is 0.504 e. The zero-order valence-electron chi connectivity index (χ0n) is 11.9. The number of nitrogens with zero attached hydrogens (tertiary/aromatic N) is 2. The molecule has 1 aromatic heterocycles. The van der Waals surface area contributed by atoms with Crippen LogP contribution in [-0.4, -0.2) is 26.0 Å². The van der Waals surface area contributed by atoms with Gasteiger partial charge in [0.25, 0.3) is 0 Å². The van der Waals surface area contributed by atoms with Crippen molar-refractivity contribution in [1.29, 1.82) is 0 Å². The van der Waals surface area contributed by atoms with Crippen LogP contribution in [0.5, 0.6) is 5.75 Å². The van der Waals surface area contributed by atoms with Gasteiger partial charge >= 0.3 is 5.97 Å². The van der Waals surface area contributed by atoms with Crippen LogP contribution in [0, 0.1) is 6.92 Å². The van der Waals surface area contributed by atoms with Crippen molar-refractivity contribution in [2.75, 3.05) is 0 Å². The van der Waals surface area contributed by atoms with E-state index in [0.717, 1.165) is 5.69 Å². The summed E-state index contributed by atoms with van der Waals surface area (Å²) in [5.41, 5.74) is 2.12. The molecule has 110 valence electrons. The predicted molar refractivity (Wildman–Crippen MR) is 82.4 cm³/mol. The Morgan fingerprint density at radius 1 is 1.05 bits per heavy atom. The second-order valence-electron chi connectivity index (χ2n) is 4.88. The Morgan fingerprint density at radius 2 is 1.68 bits per heavy atom. The van der Waals surface area contributed by atoms with E-state index in [1.54, 1.807) is 29.8 Å². The molecule has 22 heavy (non-hydrogen) atoms. The Morgan fingerprint density at radius 3 is 2.36 bits per heavy atom. The Kier molecular flexibility index (Phi) is 3.39. The van der Waals surface area contributed by atoms with Crippen molar-refractivity contribution < 1.29 is 15.0 Å². The predicted octanol–water partition coefficient (Wildman–Crippen LogP) is 3.25. The molecule has 0 amide bonds. The topological polar surface area (TPSA) is 75.4 Å². The fourth-order valence-corrected chi connectivity index (χ4v) is 2.39. The highest BCUT2D eigenvalue weighted by atomic mass is 16.4. The standard InChI is InChI=1S/C17H14N2O3/c1-11-16(20)15(13-9-5-6-10-14(13)17(21)22)19(18-11)12-7-3-2-4-8-12/h2-10,20H,1H3,(H,21,22). The number of hydrogen-bond donors (Lipinski definition) is 2. The fraction of sp³-hybridized carbons (Fsp3) is 0.0588. The van der Waals surface area contributed by atoms with Crippen LogP contribution in [0.15, 0.2) is 54.6 Å². The number of aryl methyl sites for hydroxylation is 1. The minimum Gasteiger partial charge on any atom is -0.504 e. The summed E-state index contributed by atoms with van der Waals surface area (Å²) >= 11 is 0. The van der Waals surface area contributed by atoms with Crippen LogP contribution in [0.3, 0.4) is 0 Å². The van der Waals surface area contributed by atoms with Gasteiger partial charge in [0.05, 0.1) is 11.3 Å². The first-order valence-electron chi connectivity index (χ1n) is 6.76. The molecule has 0 aliphatic rings. The summed E-state index contributed by atoms with van der Waals surface area (Å²) in [6, 6.07) is 15.8. The van der Waals surface area contributed by atoms with Crippen molar-refractivity contribution >= 4 is 5.97 Å². The van der Waals surface area contributed by atoms with Crippen molar-refractivity contribution in [1.82, 2.24) is 9.78 Å². The molecule has 0 aliphatic heterocycles. The molecule has 0 atom stereocenters. The zero-order valence-corrected chi connectivity index (χ0v) is 11.9. The summed E-state index contributed by atoms with van der Waals surface area (Å²) in [5.74, 6) is -1.06. The molecule has 0 bridgehead atoms.